The summed E-state index contributed by atoms with van der Waals surface area (Å²) in [5, 5.41) is 0. The van der Waals surface area contributed by atoms with E-state index in [2.05, 4.69) is 0 Å². The quantitative estimate of drug-likeness (QED) is 0.698. The van der Waals surface area contributed by atoms with Gasteiger partial charge in [0.05, 0.1) is 6.42 Å². The Labute approximate surface area is 161 Å². The fourth-order valence-electron chi connectivity index (χ4n) is 3.05. The van der Waals surface area contributed by atoms with Crippen molar-refractivity contribution in [3.05, 3.63) is 35.6 Å². The number of halogens is 2. The lowest BCUT2D eigenvalue weighted by Gasteiger charge is -2.35. The number of hydrogen-bond acceptors (Lipinski definition) is 3. The summed E-state index contributed by atoms with van der Waals surface area (Å²) in [6.45, 7) is 2.87. The SMILES string of the molecule is Cl.NCCCCCCC(=O)N1CCN(C(=O)Cc2ccccc2F)CC1. The molecular formula is C19H29ClFN3O2. The molecular weight excluding hydrogens is 357 g/mol. The van der Waals surface area contributed by atoms with Gasteiger partial charge in [-0.3, -0.25) is 9.59 Å². The van der Waals surface area contributed by atoms with E-state index in [4.69, 9.17) is 5.73 Å². The third-order valence-electron chi connectivity index (χ3n) is 4.63. The van der Waals surface area contributed by atoms with Crippen molar-refractivity contribution in [1.82, 2.24) is 9.80 Å². The number of unbranched alkanes of at least 4 members (excludes halogenated alkanes) is 3. The monoisotopic (exact) mass is 385 g/mol. The lowest BCUT2D eigenvalue weighted by Crippen LogP contribution is -2.51. The maximum atomic E-state index is 13.7. The zero-order valence-electron chi connectivity index (χ0n) is 15.2. The summed E-state index contributed by atoms with van der Waals surface area (Å²) in [6, 6.07) is 6.35. The Hall–Kier alpha value is -1.66. The lowest BCUT2D eigenvalue weighted by atomic mass is 10.1. The molecule has 0 unspecified atom stereocenters. The van der Waals surface area contributed by atoms with Gasteiger partial charge >= 0.3 is 0 Å². The summed E-state index contributed by atoms with van der Waals surface area (Å²) in [6.07, 6.45) is 4.64. The van der Waals surface area contributed by atoms with E-state index in [1.54, 1.807) is 23.1 Å². The Morgan fingerprint density at radius 1 is 0.923 bits per heavy atom. The van der Waals surface area contributed by atoms with E-state index in [9.17, 15) is 14.0 Å². The van der Waals surface area contributed by atoms with Crippen molar-refractivity contribution in [3.8, 4) is 0 Å². The minimum absolute atomic E-state index is 0. The molecule has 1 aliphatic rings. The summed E-state index contributed by atoms with van der Waals surface area (Å²) in [7, 11) is 0. The van der Waals surface area contributed by atoms with E-state index in [-0.39, 0.29) is 36.5 Å². The van der Waals surface area contributed by atoms with Crippen LogP contribution in [0.15, 0.2) is 24.3 Å². The average Bonchev–Trinajstić information content (AvgIpc) is 2.63. The van der Waals surface area contributed by atoms with Crippen LogP contribution in [0.4, 0.5) is 4.39 Å². The number of amides is 2. The van der Waals surface area contributed by atoms with Gasteiger partial charge in [0.25, 0.3) is 0 Å². The summed E-state index contributed by atoms with van der Waals surface area (Å²) in [5.74, 6) is -0.271. The van der Waals surface area contributed by atoms with Crippen LogP contribution in [0.3, 0.4) is 0 Å². The maximum Gasteiger partial charge on any atom is 0.227 e. The molecule has 146 valence electrons. The molecule has 0 saturated carbocycles. The normalized spacial score (nSPS) is 14.1. The van der Waals surface area contributed by atoms with Gasteiger partial charge in [-0.25, -0.2) is 4.39 Å². The Balaban J connectivity index is 0.00000338. The molecule has 7 heteroatoms. The number of carbonyl (C=O) groups excluding carboxylic acids is 2. The van der Waals surface area contributed by atoms with Gasteiger partial charge in [-0.15, -0.1) is 12.4 Å². The molecule has 2 rings (SSSR count). The lowest BCUT2D eigenvalue weighted by molar-refractivity contribution is -0.139. The Morgan fingerprint density at radius 3 is 2.12 bits per heavy atom. The molecule has 1 aromatic carbocycles. The molecule has 1 saturated heterocycles. The van der Waals surface area contributed by atoms with Gasteiger partial charge in [0.1, 0.15) is 5.82 Å². The van der Waals surface area contributed by atoms with Crippen LogP contribution < -0.4 is 5.73 Å². The topological polar surface area (TPSA) is 66.6 Å². The predicted octanol–water partition coefficient (Wildman–Crippen LogP) is 2.37. The van der Waals surface area contributed by atoms with Gasteiger partial charge in [0.15, 0.2) is 0 Å². The Morgan fingerprint density at radius 2 is 1.50 bits per heavy atom. The van der Waals surface area contributed by atoms with Gasteiger partial charge in [0, 0.05) is 32.6 Å². The van der Waals surface area contributed by atoms with Crippen LogP contribution in [0.2, 0.25) is 0 Å². The largest absolute Gasteiger partial charge is 0.339 e. The van der Waals surface area contributed by atoms with E-state index >= 15 is 0 Å². The molecule has 0 aliphatic carbocycles. The van der Waals surface area contributed by atoms with Crippen LogP contribution in [0.25, 0.3) is 0 Å². The van der Waals surface area contributed by atoms with E-state index in [0.717, 1.165) is 25.7 Å². The third-order valence-corrected chi connectivity index (χ3v) is 4.63. The van der Waals surface area contributed by atoms with Crippen molar-refractivity contribution in [2.45, 2.75) is 38.5 Å². The summed E-state index contributed by atoms with van der Waals surface area (Å²) in [5.41, 5.74) is 5.87. The fraction of sp³-hybridized carbons (Fsp3) is 0.579. The fourth-order valence-corrected chi connectivity index (χ4v) is 3.05. The highest BCUT2D eigenvalue weighted by Gasteiger charge is 2.24. The highest BCUT2D eigenvalue weighted by atomic mass is 35.5. The van der Waals surface area contributed by atoms with Crippen molar-refractivity contribution in [3.63, 3.8) is 0 Å². The second-order valence-corrected chi connectivity index (χ2v) is 6.48. The molecule has 1 fully saturated rings. The van der Waals surface area contributed by atoms with E-state index in [1.165, 1.54) is 6.07 Å². The van der Waals surface area contributed by atoms with Crippen LogP contribution in [-0.4, -0.2) is 54.3 Å². The molecule has 1 aromatic rings. The van der Waals surface area contributed by atoms with Crippen LogP contribution in [0, 0.1) is 5.82 Å². The first-order valence-corrected chi connectivity index (χ1v) is 9.11. The van der Waals surface area contributed by atoms with Crippen molar-refractivity contribution in [1.29, 1.82) is 0 Å². The van der Waals surface area contributed by atoms with Crippen molar-refractivity contribution in [2.24, 2.45) is 5.73 Å². The van der Waals surface area contributed by atoms with Crippen molar-refractivity contribution < 1.29 is 14.0 Å². The first-order valence-electron chi connectivity index (χ1n) is 9.11. The molecule has 26 heavy (non-hydrogen) atoms. The molecule has 2 amide bonds. The van der Waals surface area contributed by atoms with Crippen molar-refractivity contribution >= 4 is 24.2 Å². The van der Waals surface area contributed by atoms with Gasteiger partial charge in [0.2, 0.25) is 11.8 Å². The smallest absolute Gasteiger partial charge is 0.227 e. The molecule has 1 heterocycles. The van der Waals surface area contributed by atoms with Crippen LogP contribution in [0.1, 0.15) is 37.7 Å². The molecule has 0 spiro atoms. The second-order valence-electron chi connectivity index (χ2n) is 6.48. The van der Waals surface area contributed by atoms with Crippen LogP contribution >= 0.6 is 12.4 Å². The van der Waals surface area contributed by atoms with Crippen molar-refractivity contribution in [2.75, 3.05) is 32.7 Å². The molecule has 0 aromatic heterocycles. The number of nitrogens with two attached hydrogens (primary N) is 1. The second kappa shape index (κ2) is 11.9. The third kappa shape index (κ3) is 6.92. The average molecular weight is 386 g/mol. The minimum atomic E-state index is -0.348. The zero-order valence-corrected chi connectivity index (χ0v) is 16.0. The summed E-state index contributed by atoms with van der Waals surface area (Å²) in [4.78, 5) is 28.1. The maximum absolute atomic E-state index is 13.7. The Bertz CT molecular complexity index is 578. The van der Waals surface area contributed by atoms with E-state index in [0.29, 0.717) is 44.7 Å². The molecule has 2 N–H and O–H groups in total. The van der Waals surface area contributed by atoms with Gasteiger partial charge in [-0.1, -0.05) is 31.0 Å². The first-order chi connectivity index (χ1) is 12.1. The predicted molar refractivity (Wildman–Crippen MR) is 103 cm³/mol. The van der Waals surface area contributed by atoms with Crippen LogP contribution in [-0.2, 0) is 16.0 Å². The number of rotatable bonds is 8. The van der Waals surface area contributed by atoms with Gasteiger partial charge in [-0.2, -0.15) is 0 Å². The van der Waals surface area contributed by atoms with E-state index in [1.807, 2.05) is 4.90 Å². The number of carbonyl (C=O) groups is 2. The van der Waals surface area contributed by atoms with Gasteiger partial charge in [-0.05, 0) is 31.0 Å². The highest BCUT2D eigenvalue weighted by Crippen LogP contribution is 2.12. The van der Waals surface area contributed by atoms with Crippen LogP contribution in [0.5, 0.6) is 0 Å². The summed E-state index contributed by atoms with van der Waals surface area (Å²) < 4.78 is 13.7. The first kappa shape index (κ1) is 22.4. The molecule has 5 nitrogen and oxygen atoms in total. The number of hydrogen-bond donors (Lipinski definition) is 1. The molecule has 0 bridgehead atoms. The Kier molecular flexibility index (Phi) is 10.2. The van der Waals surface area contributed by atoms with Gasteiger partial charge < -0.3 is 15.5 Å². The number of benzene rings is 1. The number of nitrogens with zero attached hydrogens (tertiary/aromatic N) is 2. The summed E-state index contributed by atoms with van der Waals surface area (Å²) >= 11 is 0. The zero-order chi connectivity index (χ0) is 18.1. The molecule has 0 atom stereocenters. The highest BCUT2D eigenvalue weighted by molar-refractivity contribution is 5.85. The number of piperazine rings is 1. The standard InChI is InChI=1S/C19H28FN3O2.ClH/c20-17-8-5-4-7-16(17)15-19(25)23-13-11-22(12-14-23)18(24)9-3-1-2-6-10-21;/h4-5,7-8H,1-3,6,9-15,21H2;1H. The molecule has 1 aliphatic heterocycles. The minimum Gasteiger partial charge on any atom is -0.339 e. The van der Waals surface area contributed by atoms with E-state index < -0.39 is 0 Å². The molecule has 0 radical (unpaired) electrons.